The Morgan fingerprint density at radius 3 is 2.40 bits per heavy atom. The molecule has 5 aliphatic rings. The Kier molecular flexibility index (Phi) is 4.89. The molecule has 1 aliphatic heterocycles. The van der Waals surface area contributed by atoms with E-state index >= 15 is 0 Å². The number of nitro benzene ring substituents is 2. The molecule has 1 spiro atoms. The number of epoxide rings is 1. The van der Waals surface area contributed by atoms with Crippen molar-refractivity contribution in [1.82, 2.24) is 0 Å². The number of hydrogen-bond acceptors (Lipinski definition) is 7. The number of benzene rings is 1. The first kappa shape index (κ1) is 22.9. The van der Waals surface area contributed by atoms with Crippen LogP contribution in [0.3, 0.4) is 0 Å². The molecule has 35 heavy (non-hydrogen) atoms. The first-order valence-electron chi connectivity index (χ1n) is 12.9. The highest BCUT2D eigenvalue weighted by Crippen LogP contribution is 2.73. The van der Waals surface area contributed by atoms with Gasteiger partial charge in [-0.05, 0) is 68.1 Å². The predicted molar refractivity (Wildman–Crippen MR) is 125 cm³/mol. The van der Waals surface area contributed by atoms with Crippen molar-refractivity contribution in [3.8, 4) is 0 Å². The Bertz CT molecular complexity index is 1090. The third-order valence-corrected chi connectivity index (χ3v) is 10.7. The molecule has 0 N–H and O–H groups in total. The Labute approximate surface area is 203 Å². The summed E-state index contributed by atoms with van der Waals surface area (Å²) in [6, 6.07) is 2.94. The average Bonchev–Trinajstić information content (AvgIpc) is 3.36. The van der Waals surface area contributed by atoms with Crippen molar-refractivity contribution in [3.63, 3.8) is 0 Å². The smallest absolute Gasteiger partial charge is 0.338 e. The summed E-state index contributed by atoms with van der Waals surface area (Å²) < 4.78 is 12.3. The van der Waals surface area contributed by atoms with Gasteiger partial charge in [0.15, 0.2) is 0 Å². The van der Waals surface area contributed by atoms with Crippen LogP contribution in [0, 0.1) is 48.8 Å². The summed E-state index contributed by atoms with van der Waals surface area (Å²) in [6.45, 7) is 4.89. The van der Waals surface area contributed by atoms with E-state index in [4.69, 9.17) is 9.47 Å². The number of hydrogen-bond donors (Lipinski definition) is 0. The van der Waals surface area contributed by atoms with Gasteiger partial charge in [0.1, 0.15) is 11.7 Å². The van der Waals surface area contributed by atoms with Crippen LogP contribution in [-0.2, 0) is 9.47 Å². The Morgan fingerprint density at radius 2 is 1.71 bits per heavy atom. The zero-order valence-corrected chi connectivity index (χ0v) is 20.2. The standard InChI is InChI=1S/C26H32N2O7/c1-24-7-3-4-20(24)19-13-22-26(35-22)14-18(5-9-25(26,2)21(19)6-8-24)34-23(29)15-10-16(27(30)31)12-17(11-15)28(32)33/h10-12,18-22H,3-9,13-14H2,1-2H3/t18-,19+,20-,21-,22+,24-,25-,26+/m1/s1. The SMILES string of the molecule is C[C@]12CCC[C@@H]1[C@@H]1C[C@@H]3O[C@@]34C[C@H](OC(=O)c3cc([N+](=O)[O-])cc([N+](=O)[O-])c3)CC[C@]4(C)[C@@H]1CC2. The van der Waals surface area contributed by atoms with Crippen molar-refractivity contribution < 1.29 is 24.1 Å². The molecule has 8 atom stereocenters. The van der Waals surface area contributed by atoms with Gasteiger partial charge in [0.25, 0.3) is 11.4 Å². The van der Waals surface area contributed by atoms with Crippen LogP contribution in [0.5, 0.6) is 0 Å². The Hall–Kier alpha value is -2.55. The van der Waals surface area contributed by atoms with Crippen LogP contribution in [0.2, 0.25) is 0 Å². The molecule has 0 amide bonds. The second kappa shape index (κ2) is 7.48. The molecule has 9 nitrogen and oxygen atoms in total. The first-order chi connectivity index (χ1) is 16.6. The summed E-state index contributed by atoms with van der Waals surface area (Å²) in [5, 5.41) is 22.4. The van der Waals surface area contributed by atoms with Gasteiger partial charge in [0.2, 0.25) is 0 Å². The second-order valence-electron chi connectivity index (χ2n) is 12.1. The number of rotatable bonds is 4. The van der Waals surface area contributed by atoms with Gasteiger partial charge in [-0.25, -0.2) is 4.79 Å². The first-order valence-corrected chi connectivity index (χ1v) is 12.9. The maximum atomic E-state index is 12.9. The maximum Gasteiger partial charge on any atom is 0.338 e. The quantitative estimate of drug-likeness (QED) is 0.236. The fourth-order valence-corrected chi connectivity index (χ4v) is 8.88. The minimum Gasteiger partial charge on any atom is -0.459 e. The third-order valence-electron chi connectivity index (χ3n) is 10.7. The molecule has 9 heteroatoms. The van der Waals surface area contributed by atoms with Crippen molar-refractivity contribution in [1.29, 1.82) is 0 Å². The van der Waals surface area contributed by atoms with Crippen LogP contribution < -0.4 is 0 Å². The molecule has 0 bridgehead atoms. The van der Waals surface area contributed by atoms with Crippen molar-refractivity contribution in [2.24, 2.45) is 28.6 Å². The molecule has 4 saturated carbocycles. The summed E-state index contributed by atoms with van der Waals surface area (Å²) in [7, 11) is 0. The van der Waals surface area contributed by atoms with Crippen LogP contribution in [0.15, 0.2) is 18.2 Å². The van der Waals surface area contributed by atoms with E-state index in [9.17, 15) is 25.0 Å². The van der Waals surface area contributed by atoms with E-state index in [2.05, 4.69) is 13.8 Å². The molecule has 0 aromatic heterocycles. The van der Waals surface area contributed by atoms with Gasteiger partial charge in [-0.3, -0.25) is 20.2 Å². The normalized spacial score (nSPS) is 43.2. The molecular formula is C26H32N2O7. The van der Waals surface area contributed by atoms with Crippen LogP contribution in [-0.4, -0.2) is 33.6 Å². The average molecular weight is 485 g/mol. The van der Waals surface area contributed by atoms with Gasteiger partial charge < -0.3 is 9.47 Å². The fourth-order valence-electron chi connectivity index (χ4n) is 8.88. The molecule has 0 unspecified atom stereocenters. The van der Waals surface area contributed by atoms with Gasteiger partial charge in [-0.15, -0.1) is 0 Å². The lowest BCUT2D eigenvalue weighted by molar-refractivity contribution is -0.394. The number of ether oxygens (including phenoxy) is 2. The number of esters is 1. The van der Waals surface area contributed by atoms with E-state index in [1.54, 1.807) is 0 Å². The van der Waals surface area contributed by atoms with Crippen molar-refractivity contribution in [2.75, 3.05) is 0 Å². The predicted octanol–water partition coefficient (Wildman–Crippen LogP) is 5.59. The van der Waals surface area contributed by atoms with E-state index in [-0.39, 0.29) is 28.8 Å². The van der Waals surface area contributed by atoms with Gasteiger partial charge in [-0.1, -0.05) is 20.3 Å². The van der Waals surface area contributed by atoms with E-state index < -0.39 is 27.2 Å². The molecule has 1 saturated heterocycles. The van der Waals surface area contributed by atoms with Gasteiger partial charge in [0, 0.05) is 24.0 Å². The summed E-state index contributed by atoms with van der Waals surface area (Å²) in [4.78, 5) is 33.8. The topological polar surface area (TPSA) is 125 Å². The van der Waals surface area contributed by atoms with Crippen molar-refractivity contribution >= 4 is 17.3 Å². The number of fused-ring (bicyclic) bond motifs is 4. The fraction of sp³-hybridized carbons (Fsp3) is 0.731. The molecule has 4 aliphatic carbocycles. The number of carbonyl (C=O) groups excluding carboxylic acids is 1. The summed E-state index contributed by atoms with van der Waals surface area (Å²) in [6.07, 6.45) is 9.75. The number of non-ortho nitro benzene ring substituents is 2. The summed E-state index contributed by atoms with van der Waals surface area (Å²) in [5.41, 5.74) is -0.875. The number of nitro groups is 2. The lowest BCUT2D eigenvalue weighted by atomic mass is 9.45. The van der Waals surface area contributed by atoms with E-state index in [0.29, 0.717) is 30.1 Å². The number of nitrogens with zero attached hydrogens (tertiary/aromatic N) is 2. The van der Waals surface area contributed by atoms with Crippen LogP contribution >= 0.6 is 0 Å². The van der Waals surface area contributed by atoms with Crippen LogP contribution in [0.25, 0.3) is 0 Å². The minimum absolute atomic E-state index is 0.0672. The third kappa shape index (κ3) is 3.26. The Balaban J connectivity index is 1.20. The summed E-state index contributed by atoms with van der Waals surface area (Å²) >= 11 is 0. The zero-order chi connectivity index (χ0) is 24.8. The van der Waals surface area contributed by atoms with Crippen LogP contribution in [0.4, 0.5) is 11.4 Å². The summed E-state index contributed by atoms with van der Waals surface area (Å²) in [5.74, 6) is 1.38. The monoisotopic (exact) mass is 484 g/mol. The Morgan fingerprint density at radius 1 is 1.00 bits per heavy atom. The highest BCUT2D eigenvalue weighted by Gasteiger charge is 2.76. The molecular weight excluding hydrogens is 452 g/mol. The maximum absolute atomic E-state index is 12.9. The lowest BCUT2D eigenvalue weighted by Crippen LogP contribution is -2.58. The number of carbonyl (C=O) groups is 1. The highest BCUT2D eigenvalue weighted by molar-refractivity contribution is 5.91. The lowest BCUT2D eigenvalue weighted by Gasteiger charge is -2.58. The van der Waals surface area contributed by atoms with Crippen molar-refractivity contribution in [3.05, 3.63) is 44.0 Å². The van der Waals surface area contributed by atoms with Crippen molar-refractivity contribution in [2.45, 2.75) is 89.4 Å². The van der Waals surface area contributed by atoms with Gasteiger partial charge in [0.05, 0.1) is 27.6 Å². The molecule has 188 valence electrons. The van der Waals surface area contributed by atoms with Crippen LogP contribution in [0.1, 0.15) is 82.0 Å². The van der Waals surface area contributed by atoms with E-state index in [1.807, 2.05) is 0 Å². The largest absolute Gasteiger partial charge is 0.459 e. The molecule has 6 rings (SSSR count). The highest BCUT2D eigenvalue weighted by atomic mass is 16.6. The van der Waals surface area contributed by atoms with E-state index in [1.165, 1.54) is 32.1 Å². The molecule has 1 aromatic rings. The zero-order valence-electron chi connectivity index (χ0n) is 20.2. The molecule has 0 radical (unpaired) electrons. The van der Waals surface area contributed by atoms with Gasteiger partial charge >= 0.3 is 5.97 Å². The molecule has 1 heterocycles. The minimum atomic E-state index is -0.757. The van der Waals surface area contributed by atoms with Gasteiger partial charge in [-0.2, -0.15) is 0 Å². The molecule has 1 aromatic carbocycles. The molecule has 5 fully saturated rings. The van der Waals surface area contributed by atoms with E-state index in [0.717, 1.165) is 37.0 Å². The second-order valence-corrected chi connectivity index (χ2v) is 12.1.